The number of nitrogens with zero attached hydrogens (tertiary/aromatic N) is 3. The molecule has 30 heavy (non-hydrogen) atoms. The van der Waals surface area contributed by atoms with Gasteiger partial charge in [-0.1, -0.05) is 0 Å². The van der Waals surface area contributed by atoms with Crippen LogP contribution < -0.4 is 19.5 Å². The first kappa shape index (κ1) is 22.2. The lowest BCUT2D eigenvalue weighted by Crippen LogP contribution is -2.39. The second-order valence-corrected chi connectivity index (χ2v) is 8.44. The van der Waals surface area contributed by atoms with Gasteiger partial charge < -0.3 is 24.4 Å². The van der Waals surface area contributed by atoms with Crippen LogP contribution in [0.4, 0.5) is 0 Å². The molecule has 164 valence electrons. The first-order valence-electron chi connectivity index (χ1n) is 10.3. The zero-order valence-electron chi connectivity index (χ0n) is 18.6. The molecule has 1 aromatic heterocycles. The number of hydrogen-bond donors (Lipinski definition) is 1. The number of benzene rings is 1. The van der Waals surface area contributed by atoms with Gasteiger partial charge in [-0.2, -0.15) is 0 Å². The summed E-state index contributed by atoms with van der Waals surface area (Å²) >= 11 is 1.85. The minimum atomic E-state index is 0.699. The number of rotatable bonds is 8. The summed E-state index contributed by atoms with van der Waals surface area (Å²) in [7, 11) is 8.80. The molecule has 0 bridgehead atoms. The Morgan fingerprint density at radius 3 is 2.43 bits per heavy atom. The minimum absolute atomic E-state index is 0.699. The fraction of sp³-hybridized carbons (Fsp3) is 0.545. The van der Waals surface area contributed by atoms with Gasteiger partial charge >= 0.3 is 0 Å². The smallest absolute Gasteiger partial charge is 0.193 e. The first-order valence-corrected chi connectivity index (χ1v) is 11.1. The van der Waals surface area contributed by atoms with Crippen molar-refractivity contribution in [3.63, 3.8) is 0 Å². The highest BCUT2D eigenvalue weighted by molar-refractivity contribution is 7.11. The van der Waals surface area contributed by atoms with Crippen molar-refractivity contribution < 1.29 is 14.2 Å². The summed E-state index contributed by atoms with van der Waals surface area (Å²) in [6.45, 7) is 1.46. The number of hydrogen-bond acceptors (Lipinski definition) is 6. The zero-order chi connectivity index (χ0) is 21.5. The van der Waals surface area contributed by atoms with Gasteiger partial charge in [-0.25, -0.2) is 4.98 Å². The Morgan fingerprint density at radius 2 is 1.83 bits per heavy atom. The molecule has 0 radical (unpaired) electrons. The fourth-order valence-electron chi connectivity index (χ4n) is 3.76. The number of thiazole rings is 1. The minimum Gasteiger partial charge on any atom is -0.496 e. The topological polar surface area (TPSA) is 68.2 Å². The number of aliphatic imine (C=N–C) groups is 1. The van der Waals surface area contributed by atoms with Crippen molar-refractivity contribution in [3.05, 3.63) is 33.3 Å². The van der Waals surface area contributed by atoms with Crippen LogP contribution in [0.3, 0.4) is 0 Å². The second-order valence-electron chi connectivity index (χ2n) is 7.28. The SMILES string of the molecule is CN=C(NCCc1c(OC)cc(OC)cc1OC)N(C)Cc1nc2c(s1)CCCC2. The molecule has 0 atom stereocenters. The molecule has 0 amide bonds. The number of ether oxygens (including phenoxy) is 3. The van der Waals surface area contributed by atoms with Gasteiger partial charge in [0, 0.05) is 43.2 Å². The van der Waals surface area contributed by atoms with E-state index < -0.39 is 0 Å². The maximum absolute atomic E-state index is 5.55. The molecular weight excluding hydrogens is 400 g/mol. The summed E-state index contributed by atoms with van der Waals surface area (Å²) in [5, 5.41) is 4.60. The standard InChI is InChI=1S/C22H32N4O3S/c1-23-22(26(2)14-21-25-17-8-6-7-9-20(17)30-21)24-11-10-16-18(28-4)12-15(27-3)13-19(16)29-5/h12-13H,6-11,14H2,1-5H3,(H,23,24). The highest BCUT2D eigenvalue weighted by atomic mass is 32.1. The van der Waals surface area contributed by atoms with Crippen LogP contribution in [0.1, 0.15) is 34.0 Å². The number of aryl methyl sites for hydroxylation is 2. The summed E-state index contributed by atoms with van der Waals surface area (Å²) < 4.78 is 16.4. The molecule has 0 spiro atoms. The monoisotopic (exact) mass is 432 g/mol. The fourth-order valence-corrected chi connectivity index (χ4v) is 4.97. The summed E-state index contributed by atoms with van der Waals surface area (Å²) in [6.07, 6.45) is 5.57. The van der Waals surface area contributed by atoms with Crippen LogP contribution in [0, 0.1) is 0 Å². The van der Waals surface area contributed by atoms with E-state index in [1.165, 1.54) is 29.8 Å². The van der Waals surface area contributed by atoms with Gasteiger partial charge in [-0.3, -0.25) is 4.99 Å². The lowest BCUT2D eigenvalue weighted by Gasteiger charge is -2.21. The molecular formula is C22H32N4O3S. The Kier molecular flexibility index (Phi) is 7.79. The van der Waals surface area contributed by atoms with Crippen molar-refractivity contribution in [2.24, 2.45) is 4.99 Å². The number of nitrogens with one attached hydrogen (secondary N) is 1. The first-order chi connectivity index (χ1) is 14.6. The van der Waals surface area contributed by atoms with E-state index in [-0.39, 0.29) is 0 Å². The van der Waals surface area contributed by atoms with Gasteiger partial charge in [-0.15, -0.1) is 11.3 Å². The lowest BCUT2D eigenvalue weighted by atomic mass is 10.0. The van der Waals surface area contributed by atoms with Crippen LogP contribution in [0.5, 0.6) is 17.2 Å². The summed E-state index contributed by atoms with van der Waals surface area (Å²) in [5.74, 6) is 3.06. The normalized spacial score (nSPS) is 13.6. The van der Waals surface area contributed by atoms with E-state index in [9.17, 15) is 0 Å². The molecule has 2 aromatic rings. The van der Waals surface area contributed by atoms with Crippen LogP contribution in [-0.4, -0.2) is 57.8 Å². The van der Waals surface area contributed by atoms with Crippen LogP contribution in [-0.2, 0) is 25.8 Å². The van der Waals surface area contributed by atoms with E-state index in [0.717, 1.165) is 47.4 Å². The van der Waals surface area contributed by atoms with E-state index >= 15 is 0 Å². The summed E-state index contributed by atoms with van der Waals surface area (Å²) in [5.41, 5.74) is 2.30. The summed E-state index contributed by atoms with van der Waals surface area (Å²) in [4.78, 5) is 12.9. The van der Waals surface area contributed by atoms with Crippen molar-refractivity contribution >= 4 is 17.3 Å². The van der Waals surface area contributed by atoms with Crippen molar-refractivity contribution in [3.8, 4) is 17.2 Å². The Balaban J connectivity index is 1.61. The molecule has 1 heterocycles. The maximum Gasteiger partial charge on any atom is 0.193 e. The van der Waals surface area contributed by atoms with E-state index in [1.807, 2.05) is 30.5 Å². The Morgan fingerprint density at radius 1 is 1.13 bits per heavy atom. The Labute approximate surface area is 183 Å². The Hall–Kier alpha value is -2.48. The van der Waals surface area contributed by atoms with Crippen molar-refractivity contribution in [2.75, 3.05) is 42.0 Å². The molecule has 1 N–H and O–H groups in total. The molecule has 1 aliphatic carbocycles. The number of fused-ring (bicyclic) bond motifs is 1. The van der Waals surface area contributed by atoms with Crippen molar-refractivity contribution in [1.82, 2.24) is 15.2 Å². The van der Waals surface area contributed by atoms with Crippen LogP contribution >= 0.6 is 11.3 Å². The molecule has 8 heteroatoms. The van der Waals surface area contributed by atoms with E-state index in [1.54, 1.807) is 28.4 Å². The maximum atomic E-state index is 5.55. The molecule has 1 aromatic carbocycles. The molecule has 0 aliphatic heterocycles. The largest absolute Gasteiger partial charge is 0.496 e. The molecule has 7 nitrogen and oxygen atoms in total. The molecule has 0 saturated heterocycles. The van der Waals surface area contributed by atoms with Crippen LogP contribution in [0.15, 0.2) is 17.1 Å². The van der Waals surface area contributed by atoms with Crippen LogP contribution in [0.25, 0.3) is 0 Å². The Bertz CT molecular complexity index is 833. The average molecular weight is 433 g/mol. The number of aromatic nitrogens is 1. The van der Waals surface area contributed by atoms with Gasteiger partial charge in [0.25, 0.3) is 0 Å². The quantitative estimate of drug-likeness (QED) is 0.510. The molecule has 3 rings (SSSR count). The van der Waals surface area contributed by atoms with Crippen molar-refractivity contribution in [1.29, 1.82) is 0 Å². The molecule has 0 fully saturated rings. The third-order valence-electron chi connectivity index (χ3n) is 5.31. The molecule has 0 unspecified atom stereocenters. The third-order valence-corrected chi connectivity index (χ3v) is 6.45. The average Bonchev–Trinajstić information content (AvgIpc) is 3.18. The van der Waals surface area contributed by atoms with Gasteiger partial charge in [0.15, 0.2) is 5.96 Å². The second kappa shape index (κ2) is 10.5. The highest BCUT2D eigenvalue weighted by Crippen LogP contribution is 2.34. The third kappa shape index (κ3) is 5.16. The van der Waals surface area contributed by atoms with Gasteiger partial charge in [0.2, 0.25) is 0 Å². The van der Waals surface area contributed by atoms with Gasteiger partial charge in [-0.05, 0) is 32.1 Å². The van der Waals surface area contributed by atoms with E-state index in [2.05, 4.69) is 15.2 Å². The predicted octanol–water partition coefficient (Wildman–Crippen LogP) is 3.30. The number of methoxy groups -OCH3 is 3. The predicted molar refractivity (Wildman–Crippen MR) is 121 cm³/mol. The molecule has 1 aliphatic rings. The van der Waals surface area contributed by atoms with Crippen molar-refractivity contribution in [2.45, 2.75) is 38.6 Å². The van der Waals surface area contributed by atoms with E-state index in [0.29, 0.717) is 12.3 Å². The zero-order valence-corrected chi connectivity index (χ0v) is 19.4. The van der Waals surface area contributed by atoms with E-state index in [4.69, 9.17) is 19.2 Å². The van der Waals surface area contributed by atoms with Crippen LogP contribution in [0.2, 0.25) is 0 Å². The van der Waals surface area contributed by atoms with Gasteiger partial charge in [0.05, 0.1) is 33.6 Å². The lowest BCUT2D eigenvalue weighted by molar-refractivity contribution is 0.368. The highest BCUT2D eigenvalue weighted by Gasteiger charge is 2.17. The number of guanidine groups is 1. The summed E-state index contributed by atoms with van der Waals surface area (Å²) in [6, 6.07) is 3.76. The van der Waals surface area contributed by atoms with Gasteiger partial charge in [0.1, 0.15) is 22.3 Å². The molecule has 0 saturated carbocycles.